The highest BCUT2D eigenvalue weighted by Gasteiger charge is 2.28. The van der Waals surface area contributed by atoms with Crippen LogP contribution in [0.5, 0.6) is 0 Å². The first-order valence-corrected chi connectivity index (χ1v) is 8.17. The van der Waals surface area contributed by atoms with Gasteiger partial charge in [0.1, 0.15) is 0 Å². The third kappa shape index (κ3) is 3.98. The van der Waals surface area contributed by atoms with Crippen molar-refractivity contribution in [2.75, 3.05) is 25.1 Å². The Bertz CT molecular complexity index is 410. The molecular formula is C15H22N2OS. The molecule has 19 heavy (non-hydrogen) atoms. The van der Waals surface area contributed by atoms with Crippen LogP contribution in [0.25, 0.3) is 0 Å². The molecule has 0 aliphatic carbocycles. The first kappa shape index (κ1) is 14.4. The minimum Gasteiger partial charge on any atom is -0.341 e. The van der Waals surface area contributed by atoms with Crippen LogP contribution >= 0.6 is 11.8 Å². The van der Waals surface area contributed by atoms with Crippen molar-refractivity contribution >= 4 is 17.7 Å². The lowest BCUT2D eigenvalue weighted by Crippen LogP contribution is -2.44. The van der Waals surface area contributed by atoms with Crippen molar-refractivity contribution in [1.29, 1.82) is 0 Å². The lowest BCUT2D eigenvalue weighted by molar-refractivity contribution is -0.131. The molecule has 1 amide bonds. The highest BCUT2D eigenvalue weighted by molar-refractivity contribution is 7.98. The van der Waals surface area contributed by atoms with E-state index in [1.165, 1.54) is 0 Å². The highest BCUT2D eigenvalue weighted by Crippen LogP contribution is 2.20. The summed E-state index contributed by atoms with van der Waals surface area (Å²) in [5.41, 5.74) is 7.18. The molecule has 2 atom stereocenters. The number of benzene rings is 1. The van der Waals surface area contributed by atoms with Crippen LogP contribution in [-0.4, -0.2) is 41.9 Å². The third-order valence-electron chi connectivity index (χ3n) is 3.62. The maximum Gasteiger partial charge on any atom is 0.239 e. The standard InChI is InChI=1S/C15H22N2OS/c1-19-11-13-7-8-17(10-13)15(18)14(16)9-12-5-3-2-4-6-12/h2-6,13-14H,7-11,16H2,1H3/t13-,14-/m0/s1. The Labute approximate surface area is 119 Å². The molecule has 1 saturated heterocycles. The van der Waals surface area contributed by atoms with Crippen molar-refractivity contribution in [2.24, 2.45) is 11.7 Å². The molecule has 0 saturated carbocycles. The molecule has 1 aromatic rings. The van der Waals surface area contributed by atoms with Crippen molar-refractivity contribution in [3.63, 3.8) is 0 Å². The molecular weight excluding hydrogens is 256 g/mol. The molecule has 1 aromatic carbocycles. The molecule has 4 heteroatoms. The monoisotopic (exact) mass is 278 g/mol. The number of carbonyl (C=O) groups is 1. The summed E-state index contributed by atoms with van der Waals surface area (Å²) in [6, 6.07) is 9.58. The van der Waals surface area contributed by atoms with Crippen LogP contribution in [0.2, 0.25) is 0 Å². The van der Waals surface area contributed by atoms with Crippen LogP contribution in [0.4, 0.5) is 0 Å². The molecule has 0 radical (unpaired) electrons. The second-order valence-electron chi connectivity index (χ2n) is 5.19. The number of amides is 1. The van der Waals surface area contributed by atoms with E-state index in [1.54, 1.807) is 0 Å². The third-order valence-corrected chi connectivity index (χ3v) is 4.42. The molecule has 3 nitrogen and oxygen atoms in total. The van der Waals surface area contributed by atoms with Gasteiger partial charge in [-0.1, -0.05) is 30.3 Å². The van der Waals surface area contributed by atoms with Gasteiger partial charge in [0.05, 0.1) is 6.04 Å². The lowest BCUT2D eigenvalue weighted by Gasteiger charge is -2.21. The number of nitrogens with zero attached hydrogens (tertiary/aromatic N) is 1. The first-order chi connectivity index (χ1) is 9.20. The maximum absolute atomic E-state index is 12.3. The van der Waals surface area contributed by atoms with Crippen LogP contribution in [0.15, 0.2) is 30.3 Å². The van der Waals surface area contributed by atoms with Crippen LogP contribution < -0.4 is 5.73 Å². The molecule has 1 fully saturated rings. The average Bonchev–Trinajstić information content (AvgIpc) is 2.88. The molecule has 2 rings (SSSR count). The van der Waals surface area contributed by atoms with Crippen LogP contribution in [0.1, 0.15) is 12.0 Å². The van der Waals surface area contributed by atoms with E-state index in [2.05, 4.69) is 6.26 Å². The number of thioether (sulfide) groups is 1. The number of hydrogen-bond donors (Lipinski definition) is 1. The van der Waals surface area contributed by atoms with E-state index in [0.29, 0.717) is 12.3 Å². The van der Waals surface area contributed by atoms with Gasteiger partial charge in [0.15, 0.2) is 0 Å². The maximum atomic E-state index is 12.3. The van der Waals surface area contributed by atoms with Gasteiger partial charge in [0.25, 0.3) is 0 Å². The zero-order valence-electron chi connectivity index (χ0n) is 11.4. The van der Waals surface area contributed by atoms with Gasteiger partial charge in [0, 0.05) is 13.1 Å². The Balaban J connectivity index is 1.86. The summed E-state index contributed by atoms with van der Waals surface area (Å²) in [6.07, 6.45) is 3.86. The van der Waals surface area contributed by atoms with Crippen LogP contribution in [-0.2, 0) is 11.2 Å². The lowest BCUT2D eigenvalue weighted by atomic mass is 10.1. The van der Waals surface area contributed by atoms with Crippen LogP contribution in [0, 0.1) is 5.92 Å². The Kier molecular flexibility index (Phi) is 5.28. The SMILES string of the molecule is CSC[C@H]1CCN(C(=O)[C@@H](N)Cc2ccccc2)C1. The predicted molar refractivity (Wildman–Crippen MR) is 81.2 cm³/mol. The quantitative estimate of drug-likeness (QED) is 0.893. The fraction of sp³-hybridized carbons (Fsp3) is 0.533. The van der Waals surface area contributed by atoms with E-state index in [0.717, 1.165) is 30.8 Å². The summed E-state index contributed by atoms with van der Waals surface area (Å²) in [7, 11) is 0. The van der Waals surface area contributed by atoms with Gasteiger partial charge in [-0.05, 0) is 36.3 Å². The molecule has 0 bridgehead atoms. The summed E-state index contributed by atoms with van der Waals surface area (Å²) in [5.74, 6) is 1.88. The number of hydrogen-bond acceptors (Lipinski definition) is 3. The molecule has 0 spiro atoms. The van der Waals surface area contributed by atoms with Crippen LogP contribution in [0.3, 0.4) is 0 Å². The van der Waals surface area contributed by atoms with Gasteiger partial charge in [0.2, 0.25) is 5.91 Å². The van der Waals surface area contributed by atoms with Crippen molar-refractivity contribution in [1.82, 2.24) is 4.90 Å². The number of carbonyl (C=O) groups excluding carboxylic acids is 1. The van der Waals surface area contributed by atoms with Crippen molar-refractivity contribution < 1.29 is 4.79 Å². The Morgan fingerprint density at radius 3 is 2.89 bits per heavy atom. The van der Waals surface area contributed by atoms with Crippen molar-refractivity contribution in [3.05, 3.63) is 35.9 Å². The van der Waals surface area contributed by atoms with Gasteiger partial charge in [-0.2, -0.15) is 11.8 Å². The fourth-order valence-electron chi connectivity index (χ4n) is 2.59. The molecule has 104 valence electrons. The summed E-state index contributed by atoms with van der Waals surface area (Å²) < 4.78 is 0. The summed E-state index contributed by atoms with van der Waals surface area (Å²) in [5, 5.41) is 0. The van der Waals surface area contributed by atoms with Crippen molar-refractivity contribution in [2.45, 2.75) is 18.9 Å². The second-order valence-corrected chi connectivity index (χ2v) is 6.10. The van der Waals surface area contributed by atoms with Gasteiger partial charge in [-0.15, -0.1) is 0 Å². The van der Waals surface area contributed by atoms with Crippen molar-refractivity contribution in [3.8, 4) is 0 Å². The van der Waals surface area contributed by atoms with E-state index in [4.69, 9.17) is 5.73 Å². The molecule has 0 unspecified atom stereocenters. The second kappa shape index (κ2) is 6.96. The summed E-state index contributed by atoms with van der Waals surface area (Å²) in [6.45, 7) is 1.74. The van der Waals surface area contributed by atoms with Gasteiger partial charge in [-0.3, -0.25) is 4.79 Å². The number of nitrogens with two attached hydrogens (primary N) is 1. The molecule has 1 aliphatic rings. The van der Waals surface area contributed by atoms with E-state index in [9.17, 15) is 4.79 Å². The van der Waals surface area contributed by atoms with Gasteiger partial charge >= 0.3 is 0 Å². The van der Waals surface area contributed by atoms with Gasteiger partial charge < -0.3 is 10.6 Å². The zero-order valence-corrected chi connectivity index (χ0v) is 12.2. The number of rotatable bonds is 5. The minimum absolute atomic E-state index is 0.104. The fourth-order valence-corrected chi connectivity index (χ4v) is 3.34. The van der Waals surface area contributed by atoms with E-state index < -0.39 is 6.04 Å². The average molecular weight is 278 g/mol. The zero-order chi connectivity index (χ0) is 13.7. The molecule has 0 aromatic heterocycles. The summed E-state index contributed by atoms with van der Waals surface area (Å²) in [4.78, 5) is 14.2. The van der Waals surface area contributed by atoms with E-state index in [1.807, 2.05) is 47.0 Å². The normalized spacial score (nSPS) is 20.5. The number of likely N-dealkylation sites (tertiary alicyclic amines) is 1. The summed E-state index contributed by atoms with van der Waals surface area (Å²) >= 11 is 1.85. The Hall–Kier alpha value is -1.00. The topological polar surface area (TPSA) is 46.3 Å². The Morgan fingerprint density at radius 2 is 2.21 bits per heavy atom. The predicted octanol–water partition coefficient (Wildman–Crippen LogP) is 1.77. The molecule has 1 aliphatic heterocycles. The first-order valence-electron chi connectivity index (χ1n) is 6.78. The van der Waals surface area contributed by atoms with Gasteiger partial charge in [-0.25, -0.2) is 0 Å². The molecule has 2 N–H and O–H groups in total. The van der Waals surface area contributed by atoms with E-state index in [-0.39, 0.29) is 5.91 Å². The minimum atomic E-state index is -0.407. The largest absolute Gasteiger partial charge is 0.341 e. The molecule has 1 heterocycles. The smallest absolute Gasteiger partial charge is 0.239 e. The highest BCUT2D eigenvalue weighted by atomic mass is 32.2. The Morgan fingerprint density at radius 1 is 1.47 bits per heavy atom. The van der Waals surface area contributed by atoms with E-state index >= 15 is 0 Å².